The average Bonchev–Trinajstić information content (AvgIpc) is 2.66. The highest BCUT2D eigenvalue weighted by molar-refractivity contribution is 6.16. The number of halogens is 1. The monoisotopic (exact) mass is 358 g/mol. The van der Waals surface area contributed by atoms with Crippen molar-refractivity contribution in [3.05, 3.63) is 63.7 Å². The van der Waals surface area contributed by atoms with Crippen LogP contribution in [0.1, 0.15) is 29.9 Å². The van der Waals surface area contributed by atoms with E-state index in [0.717, 1.165) is 5.56 Å². The van der Waals surface area contributed by atoms with Crippen LogP contribution in [-0.4, -0.2) is 23.1 Å². The lowest BCUT2D eigenvalue weighted by atomic mass is 9.74. The molecule has 1 aliphatic rings. The van der Waals surface area contributed by atoms with Crippen LogP contribution in [0.4, 0.5) is 0 Å². The zero-order chi connectivity index (χ0) is 17.9. The molecule has 0 spiro atoms. The molecule has 25 heavy (non-hydrogen) atoms. The molecular formula is C19H19ClN2O3. The first-order valence-electron chi connectivity index (χ1n) is 8.18. The van der Waals surface area contributed by atoms with E-state index >= 15 is 0 Å². The summed E-state index contributed by atoms with van der Waals surface area (Å²) in [6, 6.07) is 13.5. The fourth-order valence-corrected chi connectivity index (χ4v) is 3.41. The molecule has 0 amide bonds. The minimum atomic E-state index is -0.487. The molecule has 1 aliphatic heterocycles. The van der Waals surface area contributed by atoms with Gasteiger partial charge in [-0.2, -0.15) is 5.26 Å². The zero-order valence-electron chi connectivity index (χ0n) is 13.7. The summed E-state index contributed by atoms with van der Waals surface area (Å²) in [5.74, 6) is 0.280. The molecule has 5 nitrogen and oxygen atoms in total. The molecule has 0 saturated carbocycles. The number of aromatic hydroxyl groups is 1. The molecule has 3 rings (SSSR count). The number of benzene rings is 1. The largest absolute Gasteiger partial charge is 0.502 e. The standard InChI is InChI=1S/C19H19ClN2O3/c20-11-15-10-16(23)18(24)17(25-15)12-22-8-6-19(13-21,7-9-22)14-4-2-1-3-5-14/h1-5,10,24H,6-9,11-12H2. The Morgan fingerprint density at radius 2 is 1.96 bits per heavy atom. The van der Waals surface area contributed by atoms with Crippen LogP contribution in [0.5, 0.6) is 5.75 Å². The van der Waals surface area contributed by atoms with Crippen molar-refractivity contribution in [1.29, 1.82) is 5.26 Å². The fraction of sp³-hybridized carbons (Fsp3) is 0.368. The summed E-state index contributed by atoms with van der Waals surface area (Å²) in [7, 11) is 0. The van der Waals surface area contributed by atoms with Crippen LogP contribution < -0.4 is 5.43 Å². The average molecular weight is 359 g/mol. The van der Waals surface area contributed by atoms with Crippen molar-refractivity contribution in [2.24, 2.45) is 0 Å². The van der Waals surface area contributed by atoms with Crippen molar-refractivity contribution in [1.82, 2.24) is 4.90 Å². The Kier molecular flexibility index (Phi) is 5.12. The van der Waals surface area contributed by atoms with Crippen molar-refractivity contribution >= 4 is 11.6 Å². The lowest BCUT2D eigenvalue weighted by Gasteiger charge is -2.37. The number of hydrogen-bond acceptors (Lipinski definition) is 5. The van der Waals surface area contributed by atoms with Crippen LogP contribution >= 0.6 is 11.6 Å². The van der Waals surface area contributed by atoms with Gasteiger partial charge < -0.3 is 9.52 Å². The molecular weight excluding hydrogens is 340 g/mol. The Morgan fingerprint density at radius 1 is 1.28 bits per heavy atom. The molecule has 130 valence electrons. The normalized spacial score (nSPS) is 17.1. The van der Waals surface area contributed by atoms with Crippen molar-refractivity contribution in [2.75, 3.05) is 13.1 Å². The molecule has 1 saturated heterocycles. The molecule has 6 heteroatoms. The van der Waals surface area contributed by atoms with Gasteiger partial charge in [-0.05, 0) is 18.4 Å². The summed E-state index contributed by atoms with van der Waals surface area (Å²) in [6.45, 7) is 1.68. The maximum absolute atomic E-state index is 11.8. The smallest absolute Gasteiger partial charge is 0.227 e. The highest BCUT2D eigenvalue weighted by atomic mass is 35.5. The Morgan fingerprint density at radius 3 is 2.56 bits per heavy atom. The Balaban J connectivity index is 1.74. The molecule has 1 aromatic heterocycles. The third-order valence-electron chi connectivity index (χ3n) is 4.79. The third-order valence-corrected chi connectivity index (χ3v) is 5.06. The van der Waals surface area contributed by atoms with Crippen LogP contribution in [-0.2, 0) is 17.8 Å². The van der Waals surface area contributed by atoms with Crippen LogP contribution in [0.3, 0.4) is 0 Å². The SMILES string of the molecule is N#CC1(c2ccccc2)CCN(Cc2oc(CCl)cc(=O)c2O)CC1. The molecule has 0 unspecified atom stereocenters. The molecule has 1 aromatic carbocycles. The predicted molar refractivity (Wildman–Crippen MR) is 94.4 cm³/mol. The molecule has 2 heterocycles. The number of nitrogens with zero attached hydrogens (tertiary/aromatic N) is 2. The van der Waals surface area contributed by atoms with E-state index in [1.807, 2.05) is 30.3 Å². The van der Waals surface area contributed by atoms with Crippen molar-refractivity contribution in [3.63, 3.8) is 0 Å². The van der Waals surface area contributed by atoms with E-state index < -0.39 is 10.8 Å². The van der Waals surface area contributed by atoms with E-state index in [2.05, 4.69) is 11.0 Å². The predicted octanol–water partition coefficient (Wildman–Crippen LogP) is 3.14. The van der Waals surface area contributed by atoms with Gasteiger partial charge in [0.2, 0.25) is 11.2 Å². The highest BCUT2D eigenvalue weighted by Gasteiger charge is 2.36. The summed E-state index contributed by atoms with van der Waals surface area (Å²) >= 11 is 5.73. The van der Waals surface area contributed by atoms with Crippen LogP contribution in [0.25, 0.3) is 0 Å². The minimum absolute atomic E-state index is 0.0775. The van der Waals surface area contributed by atoms with Gasteiger partial charge in [-0.3, -0.25) is 9.69 Å². The summed E-state index contributed by atoms with van der Waals surface area (Å²) in [6.07, 6.45) is 1.38. The van der Waals surface area contributed by atoms with E-state index in [-0.39, 0.29) is 17.4 Å². The zero-order valence-corrected chi connectivity index (χ0v) is 14.5. The van der Waals surface area contributed by atoms with Gasteiger partial charge in [0.15, 0.2) is 5.76 Å². The molecule has 0 atom stereocenters. The minimum Gasteiger partial charge on any atom is -0.502 e. The highest BCUT2D eigenvalue weighted by Crippen LogP contribution is 2.35. The van der Waals surface area contributed by atoms with E-state index in [1.165, 1.54) is 6.07 Å². The van der Waals surface area contributed by atoms with Gasteiger partial charge in [0, 0.05) is 19.2 Å². The number of nitriles is 1. The van der Waals surface area contributed by atoms with Gasteiger partial charge in [-0.25, -0.2) is 0 Å². The Hall–Kier alpha value is -2.29. The van der Waals surface area contributed by atoms with Gasteiger partial charge in [0.05, 0.1) is 23.9 Å². The molecule has 0 radical (unpaired) electrons. The van der Waals surface area contributed by atoms with Crippen LogP contribution in [0.2, 0.25) is 0 Å². The summed E-state index contributed by atoms with van der Waals surface area (Å²) < 4.78 is 5.52. The second-order valence-electron chi connectivity index (χ2n) is 6.32. The van der Waals surface area contributed by atoms with Gasteiger partial charge in [-0.1, -0.05) is 30.3 Å². The molecule has 1 fully saturated rings. The Labute approximate surface area is 151 Å². The molecule has 0 bridgehead atoms. The topological polar surface area (TPSA) is 77.5 Å². The van der Waals surface area contributed by atoms with Crippen molar-refractivity contribution < 1.29 is 9.52 Å². The number of likely N-dealkylation sites (tertiary alicyclic amines) is 1. The Bertz CT molecular complexity index is 834. The van der Waals surface area contributed by atoms with Gasteiger partial charge in [0.1, 0.15) is 5.76 Å². The first-order chi connectivity index (χ1) is 12.1. The second kappa shape index (κ2) is 7.30. The molecule has 1 N–H and O–H groups in total. The van der Waals surface area contributed by atoms with Gasteiger partial charge in [-0.15, -0.1) is 11.6 Å². The van der Waals surface area contributed by atoms with Crippen molar-refractivity contribution in [3.8, 4) is 11.8 Å². The number of piperidine rings is 1. The second-order valence-corrected chi connectivity index (χ2v) is 6.59. The summed E-state index contributed by atoms with van der Waals surface area (Å²) in [5, 5.41) is 19.7. The quantitative estimate of drug-likeness (QED) is 0.849. The third kappa shape index (κ3) is 3.55. The summed E-state index contributed by atoms with van der Waals surface area (Å²) in [4.78, 5) is 13.8. The van der Waals surface area contributed by atoms with Crippen molar-refractivity contribution in [2.45, 2.75) is 30.7 Å². The van der Waals surface area contributed by atoms with E-state index in [4.69, 9.17) is 16.0 Å². The van der Waals surface area contributed by atoms with Gasteiger partial charge >= 0.3 is 0 Å². The first kappa shape index (κ1) is 17.5. The fourth-order valence-electron chi connectivity index (χ4n) is 3.28. The number of hydrogen-bond donors (Lipinski definition) is 1. The number of rotatable bonds is 4. The number of alkyl halides is 1. The molecule has 0 aliphatic carbocycles. The lowest BCUT2D eigenvalue weighted by molar-refractivity contribution is 0.163. The maximum Gasteiger partial charge on any atom is 0.227 e. The maximum atomic E-state index is 11.8. The van der Waals surface area contributed by atoms with E-state index in [9.17, 15) is 15.2 Å². The van der Waals surface area contributed by atoms with Crippen LogP contribution in [0.15, 0.2) is 45.6 Å². The summed E-state index contributed by atoms with van der Waals surface area (Å²) in [5.41, 5.74) is 0.0683. The first-order valence-corrected chi connectivity index (χ1v) is 8.71. The molecule has 2 aromatic rings. The van der Waals surface area contributed by atoms with E-state index in [0.29, 0.717) is 38.2 Å². The lowest BCUT2D eigenvalue weighted by Crippen LogP contribution is -2.41. The van der Waals surface area contributed by atoms with Crippen LogP contribution in [0, 0.1) is 11.3 Å². The van der Waals surface area contributed by atoms with E-state index in [1.54, 1.807) is 0 Å². The van der Waals surface area contributed by atoms with Gasteiger partial charge in [0.25, 0.3) is 0 Å².